The molecule has 0 radical (unpaired) electrons. The van der Waals surface area contributed by atoms with Crippen molar-refractivity contribution in [2.75, 3.05) is 5.43 Å². The number of hydrogen-bond acceptors (Lipinski definition) is 6. The molecule has 2 aromatic carbocycles. The van der Waals surface area contributed by atoms with Crippen LogP contribution in [0.25, 0.3) is 11.2 Å². The molecule has 5 aromatic rings. The van der Waals surface area contributed by atoms with Gasteiger partial charge in [0.15, 0.2) is 0 Å². The smallest absolute Gasteiger partial charge is 0.294 e. The molecule has 0 atom stereocenters. The van der Waals surface area contributed by atoms with Crippen LogP contribution in [-0.4, -0.2) is 31.1 Å². The molecule has 0 unspecified atom stereocenters. The van der Waals surface area contributed by atoms with Crippen molar-refractivity contribution in [2.45, 2.75) is 13.8 Å². The second-order valence-corrected chi connectivity index (χ2v) is 9.33. The van der Waals surface area contributed by atoms with Crippen molar-refractivity contribution in [2.24, 2.45) is 5.10 Å². The number of fused-ring (bicyclic) bond motifs is 1. The lowest BCUT2D eigenvalue weighted by Crippen LogP contribution is -2.08. The third-order valence-corrected chi connectivity index (χ3v) is 6.66. The van der Waals surface area contributed by atoms with Crippen LogP contribution < -0.4 is 5.43 Å². The summed E-state index contributed by atoms with van der Waals surface area (Å²) in [7, 11) is 0. The summed E-state index contributed by atoms with van der Waals surface area (Å²) in [6.07, 6.45) is 3.23. The molecule has 9 nitrogen and oxygen atoms in total. The first-order valence-corrected chi connectivity index (χ1v) is 12.2. The van der Waals surface area contributed by atoms with Gasteiger partial charge in [-0.25, -0.2) is 4.68 Å². The number of aryl methyl sites for hydroxylation is 2. The number of aromatic nitrogens is 3. The fourth-order valence-corrected chi connectivity index (χ4v) is 4.63. The van der Waals surface area contributed by atoms with E-state index in [4.69, 9.17) is 23.2 Å². The van der Waals surface area contributed by atoms with Gasteiger partial charge in [0.2, 0.25) is 5.78 Å². The maximum atomic E-state index is 13.3. The van der Waals surface area contributed by atoms with Crippen molar-refractivity contribution < 1.29 is 9.72 Å². The van der Waals surface area contributed by atoms with Gasteiger partial charge in [-0.1, -0.05) is 29.3 Å². The highest BCUT2D eigenvalue weighted by molar-refractivity contribution is 6.32. The molecule has 0 saturated carbocycles. The molecule has 5 rings (SSSR count). The Kier molecular flexibility index (Phi) is 6.71. The fraction of sp³-hybridized carbons (Fsp3) is 0.0741. The zero-order valence-electron chi connectivity index (χ0n) is 20.2. The number of carbonyl (C=O) groups is 1. The number of nitrogens with zero attached hydrogens (tertiary/aromatic N) is 5. The molecule has 38 heavy (non-hydrogen) atoms. The van der Waals surface area contributed by atoms with E-state index < -0.39 is 4.92 Å². The molecule has 0 aliphatic carbocycles. The Hall–Kier alpha value is -4.47. The number of hydrazone groups is 1. The molecule has 0 bridgehead atoms. The first-order chi connectivity index (χ1) is 18.2. The van der Waals surface area contributed by atoms with Gasteiger partial charge in [-0.15, -0.1) is 0 Å². The summed E-state index contributed by atoms with van der Waals surface area (Å²) < 4.78 is 3.32. The second kappa shape index (κ2) is 10.1. The summed E-state index contributed by atoms with van der Waals surface area (Å²) in [5.74, 6) is -0.316. The van der Waals surface area contributed by atoms with Crippen molar-refractivity contribution in [3.05, 3.63) is 121 Å². The van der Waals surface area contributed by atoms with Gasteiger partial charge in [0.05, 0.1) is 33.8 Å². The van der Waals surface area contributed by atoms with E-state index in [-0.39, 0.29) is 22.7 Å². The maximum absolute atomic E-state index is 13.3. The minimum Gasteiger partial charge on any atom is -0.313 e. The molecule has 0 amide bonds. The van der Waals surface area contributed by atoms with Crippen LogP contribution in [-0.2, 0) is 0 Å². The molecule has 11 heteroatoms. The van der Waals surface area contributed by atoms with E-state index in [1.165, 1.54) is 24.4 Å². The average Bonchev–Trinajstić information content (AvgIpc) is 3.39. The molecule has 0 saturated heterocycles. The van der Waals surface area contributed by atoms with E-state index in [0.29, 0.717) is 27.1 Å². The summed E-state index contributed by atoms with van der Waals surface area (Å²) in [5, 5.41) is 21.3. The summed E-state index contributed by atoms with van der Waals surface area (Å²) in [6, 6.07) is 18.8. The zero-order valence-corrected chi connectivity index (χ0v) is 21.7. The van der Waals surface area contributed by atoms with Crippen molar-refractivity contribution in [3.63, 3.8) is 0 Å². The fourth-order valence-electron chi connectivity index (χ4n) is 4.18. The van der Waals surface area contributed by atoms with Gasteiger partial charge < -0.3 is 4.40 Å². The molecular weight excluding hydrogens is 527 g/mol. The minimum atomic E-state index is -0.561. The average molecular weight is 547 g/mol. The summed E-state index contributed by atoms with van der Waals surface area (Å²) in [4.78, 5) is 24.6. The molecule has 1 N–H and O–H groups in total. The SMILES string of the molecule is Cc1cc2ccccn2c1C(=O)c1ccc(NN=Cc2c(C)nn(-c3ccc(Cl)cc3)c2Cl)c([N+](=O)[O-])c1. The van der Waals surface area contributed by atoms with Crippen molar-refractivity contribution in [3.8, 4) is 5.69 Å². The number of nitrogens with one attached hydrogen (secondary N) is 1. The number of hydrogen-bond donors (Lipinski definition) is 1. The van der Waals surface area contributed by atoms with E-state index in [9.17, 15) is 14.9 Å². The quantitative estimate of drug-likeness (QED) is 0.107. The first-order valence-electron chi connectivity index (χ1n) is 11.4. The van der Waals surface area contributed by atoms with Crippen molar-refractivity contribution >= 4 is 52.1 Å². The van der Waals surface area contributed by atoms with E-state index in [2.05, 4.69) is 15.6 Å². The number of nitro groups is 1. The number of anilines is 1. The minimum absolute atomic E-state index is 0.124. The Balaban J connectivity index is 1.42. The van der Waals surface area contributed by atoms with Crippen LogP contribution in [0.5, 0.6) is 0 Å². The third kappa shape index (κ3) is 4.65. The summed E-state index contributed by atoms with van der Waals surface area (Å²) in [5.41, 5.74) is 6.70. The van der Waals surface area contributed by atoms with Crippen molar-refractivity contribution in [1.82, 2.24) is 14.2 Å². The number of ketones is 1. The van der Waals surface area contributed by atoms with E-state index in [0.717, 1.165) is 16.8 Å². The van der Waals surface area contributed by atoms with Gasteiger partial charge in [-0.2, -0.15) is 10.2 Å². The van der Waals surface area contributed by atoms with Crippen LogP contribution in [0.3, 0.4) is 0 Å². The molecule has 190 valence electrons. The number of nitro benzene ring substituents is 1. The normalized spacial score (nSPS) is 11.4. The summed E-state index contributed by atoms with van der Waals surface area (Å²) in [6.45, 7) is 3.61. The molecular formula is C27H20Cl2N6O3. The lowest BCUT2D eigenvalue weighted by molar-refractivity contribution is -0.384. The summed E-state index contributed by atoms with van der Waals surface area (Å²) >= 11 is 12.5. The van der Waals surface area contributed by atoms with Crippen molar-refractivity contribution in [1.29, 1.82) is 0 Å². The molecule has 0 aliphatic heterocycles. The lowest BCUT2D eigenvalue weighted by atomic mass is 10.0. The molecule has 0 spiro atoms. The molecule has 0 aliphatic rings. The Morgan fingerprint density at radius 2 is 1.84 bits per heavy atom. The molecule has 0 fully saturated rings. The van der Waals surface area contributed by atoms with Gasteiger partial charge in [0.1, 0.15) is 10.8 Å². The predicted octanol–water partition coefficient (Wildman–Crippen LogP) is 6.63. The first kappa shape index (κ1) is 25.2. The highest BCUT2D eigenvalue weighted by Gasteiger charge is 2.22. The third-order valence-electron chi connectivity index (χ3n) is 6.04. The van der Waals surface area contributed by atoms with E-state index in [1.54, 1.807) is 46.5 Å². The molecule has 3 heterocycles. The maximum Gasteiger partial charge on any atom is 0.294 e. The van der Waals surface area contributed by atoms with E-state index >= 15 is 0 Å². The van der Waals surface area contributed by atoms with Crippen LogP contribution in [0.2, 0.25) is 10.2 Å². The number of benzene rings is 2. The lowest BCUT2D eigenvalue weighted by Gasteiger charge is -2.07. The standard InChI is InChI=1S/C27H20Cl2N6O3/c1-16-13-21-5-3-4-12-33(21)25(16)26(36)18-6-11-23(24(14-18)35(37)38)31-30-15-22-17(2)32-34(27(22)29)20-9-7-19(28)8-10-20/h3-15,31H,1-2H3. The van der Waals surface area contributed by atoms with Crippen LogP contribution in [0.1, 0.15) is 32.9 Å². The van der Waals surface area contributed by atoms with E-state index in [1.807, 2.05) is 31.2 Å². The molecule has 3 aromatic heterocycles. The largest absolute Gasteiger partial charge is 0.313 e. The van der Waals surface area contributed by atoms with Gasteiger partial charge >= 0.3 is 0 Å². The van der Waals surface area contributed by atoms with Gasteiger partial charge in [0, 0.05) is 28.4 Å². The Morgan fingerprint density at radius 3 is 2.58 bits per heavy atom. The van der Waals surface area contributed by atoms with Gasteiger partial charge in [0.25, 0.3) is 5.69 Å². The number of carbonyl (C=O) groups excluding carboxylic acids is 1. The van der Waals surface area contributed by atoms with Crippen LogP contribution >= 0.6 is 23.2 Å². The highest BCUT2D eigenvalue weighted by atomic mass is 35.5. The van der Waals surface area contributed by atoms with Crippen LogP contribution in [0.15, 0.2) is 78.0 Å². The topological polar surface area (TPSA) is 107 Å². The Labute approximate surface area is 227 Å². The monoisotopic (exact) mass is 546 g/mol. The number of pyridine rings is 1. The highest BCUT2D eigenvalue weighted by Crippen LogP contribution is 2.29. The number of rotatable bonds is 7. The second-order valence-electron chi connectivity index (χ2n) is 8.54. The Bertz CT molecular complexity index is 1740. The van der Waals surface area contributed by atoms with Gasteiger partial charge in [-0.05, 0) is 74.0 Å². The van der Waals surface area contributed by atoms with Crippen LogP contribution in [0, 0.1) is 24.0 Å². The van der Waals surface area contributed by atoms with Gasteiger partial charge in [-0.3, -0.25) is 20.3 Å². The zero-order chi connectivity index (χ0) is 27.0. The Morgan fingerprint density at radius 1 is 1.08 bits per heavy atom. The number of halogens is 2. The predicted molar refractivity (Wildman–Crippen MR) is 148 cm³/mol. The van der Waals surface area contributed by atoms with Crippen LogP contribution in [0.4, 0.5) is 11.4 Å².